The van der Waals surface area contributed by atoms with E-state index in [9.17, 15) is 4.79 Å². The summed E-state index contributed by atoms with van der Waals surface area (Å²) in [6.45, 7) is 4.33. The lowest BCUT2D eigenvalue weighted by Gasteiger charge is -2.30. The monoisotopic (exact) mass is 381 g/mol. The van der Waals surface area contributed by atoms with Gasteiger partial charge >= 0.3 is 0 Å². The number of nitrogens with one attached hydrogen (secondary N) is 1. The van der Waals surface area contributed by atoms with Crippen molar-refractivity contribution in [3.05, 3.63) is 51.7 Å². The summed E-state index contributed by atoms with van der Waals surface area (Å²) < 4.78 is 0. The van der Waals surface area contributed by atoms with Gasteiger partial charge in [-0.15, -0.1) is 11.3 Å². The third-order valence-electron chi connectivity index (χ3n) is 5.60. The molecule has 2 aromatic rings. The van der Waals surface area contributed by atoms with Crippen molar-refractivity contribution in [2.24, 2.45) is 0 Å². The van der Waals surface area contributed by atoms with Crippen molar-refractivity contribution in [3.8, 4) is 0 Å². The van der Waals surface area contributed by atoms with Crippen LogP contribution in [0.4, 0.5) is 5.69 Å². The third-order valence-corrected chi connectivity index (χ3v) is 6.53. The molecule has 1 saturated heterocycles. The minimum absolute atomic E-state index is 0.253. The summed E-state index contributed by atoms with van der Waals surface area (Å²) >= 11 is 1.62. The lowest BCUT2D eigenvalue weighted by Crippen LogP contribution is -2.37. The van der Waals surface area contributed by atoms with E-state index in [-0.39, 0.29) is 5.91 Å². The SMILES string of the molecule is N=C(Cc1ccc2c(c1)CCC(=O)N2CCCN1CCCC1)c1cccs1. The number of likely N-dealkylation sites (tertiary alicyclic amines) is 1. The molecule has 0 saturated carbocycles. The number of hydrogen-bond donors (Lipinski definition) is 1. The lowest BCUT2D eigenvalue weighted by molar-refractivity contribution is -0.118. The van der Waals surface area contributed by atoms with E-state index in [2.05, 4.69) is 23.1 Å². The van der Waals surface area contributed by atoms with Gasteiger partial charge in [0.1, 0.15) is 0 Å². The van der Waals surface area contributed by atoms with Crippen LogP contribution in [0.2, 0.25) is 0 Å². The summed E-state index contributed by atoms with van der Waals surface area (Å²) in [5.74, 6) is 0.253. The summed E-state index contributed by atoms with van der Waals surface area (Å²) in [6, 6.07) is 10.4. The van der Waals surface area contributed by atoms with Crippen molar-refractivity contribution in [1.29, 1.82) is 5.41 Å². The lowest BCUT2D eigenvalue weighted by atomic mass is 9.96. The highest BCUT2D eigenvalue weighted by Crippen LogP contribution is 2.29. The number of carbonyl (C=O) groups is 1. The average molecular weight is 382 g/mol. The van der Waals surface area contributed by atoms with Crippen LogP contribution in [0.5, 0.6) is 0 Å². The van der Waals surface area contributed by atoms with E-state index < -0.39 is 0 Å². The van der Waals surface area contributed by atoms with Crippen LogP contribution in [0.3, 0.4) is 0 Å². The quantitative estimate of drug-likeness (QED) is 0.733. The number of thiophene rings is 1. The van der Waals surface area contributed by atoms with Gasteiger partial charge in [-0.2, -0.15) is 0 Å². The van der Waals surface area contributed by atoms with Crippen LogP contribution in [0.1, 0.15) is 41.7 Å². The fraction of sp³-hybridized carbons (Fsp3) is 0.455. The number of aryl methyl sites for hydroxylation is 1. The standard InChI is InChI=1S/C22H27N3OS/c23-19(21-5-3-14-27-21)16-17-6-8-20-18(15-17)7-9-22(26)25(20)13-4-12-24-10-1-2-11-24/h3,5-6,8,14-15,23H,1-2,4,7,9-13,16H2. The third kappa shape index (κ3) is 4.30. The summed E-state index contributed by atoms with van der Waals surface area (Å²) in [6.07, 6.45) is 5.73. The van der Waals surface area contributed by atoms with Gasteiger partial charge in [-0.3, -0.25) is 4.79 Å². The molecule has 0 atom stereocenters. The number of nitrogens with zero attached hydrogens (tertiary/aromatic N) is 2. The summed E-state index contributed by atoms with van der Waals surface area (Å²) in [7, 11) is 0. The number of anilines is 1. The van der Waals surface area contributed by atoms with E-state index in [0.29, 0.717) is 18.6 Å². The first-order valence-electron chi connectivity index (χ1n) is 9.96. The Labute approximate surface area is 165 Å². The molecule has 3 heterocycles. The molecule has 2 aliphatic rings. The molecule has 1 N–H and O–H groups in total. The first-order chi connectivity index (χ1) is 13.2. The molecular weight excluding hydrogens is 354 g/mol. The molecular formula is C22H27N3OS. The van der Waals surface area contributed by atoms with Gasteiger partial charge in [-0.1, -0.05) is 18.2 Å². The highest BCUT2D eigenvalue weighted by atomic mass is 32.1. The molecule has 5 heteroatoms. The van der Waals surface area contributed by atoms with Gasteiger partial charge in [0.15, 0.2) is 0 Å². The molecule has 2 aliphatic heterocycles. The first kappa shape index (κ1) is 18.4. The maximum absolute atomic E-state index is 12.5. The zero-order valence-electron chi connectivity index (χ0n) is 15.7. The molecule has 0 radical (unpaired) electrons. The highest BCUT2D eigenvalue weighted by Gasteiger charge is 2.24. The largest absolute Gasteiger partial charge is 0.312 e. The molecule has 0 unspecified atom stereocenters. The van der Waals surface area contributed by atoms with E-state index in [1.54, 1.807) is 11.3 Å². The van der Waals surface area contributed by atoms with Gasteiger partial charge in [0.2, 0.25) is 5.91 Å². The Bertz CT molecular complexity index is 809. The topological polar surface area (TPSA) is 47.4 Å². The van der Waals surface area contributed by atoms with Crippen molar-refractivity contribution in [2.75, 3.05) is 31.1 Å². The Morgan fingerprint density at radius 1 is 1.11 bits per heavy atom. The second kappa shape index (κ2) is 8.36. The fourth-order valence-corrected chi connectivity index (χ4v) is 4.84. The number of amides is 1. The van der Waals surface area contributed by atoms with Crippen molar-refractivity contribution in [2.45, 2.75) is 38.5 Å². The Balaban J connectivity index is 1.42. The van der Waals surface area contributed by atoms with Crippen LogP contribution in [0, 0.1) is 5.41 Å². The van der Waals surface area contributed by atoms with E-state index in [0.717, 1.165) is 36.5 Å². The molecule has 1 aromatic heterocycles. The van der Waals surface area contributed by atoms with Crippen LogP contribution in [-0.4, -0.2) is 42.7 Å². The van der Waals surface area contributed by atoms with Crippen LogP contribution < -0.4 is 4.90 Å². The molecule has 1 aromatic carbocycles. The van der Waals surface area contributed by atoms with Gasteiger partial charge in [-0.25, -0.2) is 0 Å². The Kier molecular flexibility index (Phi) is 5.69. The van der Waals surface area contributed by atoms with Crippen molar-refractivity contribution < 1.29 is 4.79 Å². The predicted octanol–water partition coefficient (Wildman–Crippen LogP) is 4.12. The van der Waals surface area contributed by atoms with Crippen molar-refractivity contribution in [3.63, 3.8) is 0 Å². The normalized spacial score (nSPS) is 17.3. The highest BCUT2D eigenvalue weighted by molar-refractivity contribution is 7.12. The van der Waals surface area contributed by atoms with Crippen molar-refractivity contribution >= 4 is 28.6 Å². The van der Waals surface area contributed by atoms with E-state index >= 15 is 0 Å². The van der Waals surface area contributed by atoms with Gasteiger partial charge in [0.05, 0.1) is 5.71 Å². The van der Waals surface area contributed by atoms with Crippen molar-refractivity contribution in [1.82, 2.24) is 4.90 Å². The van der Waals surface area contributed by atoms with E-state index in [1.165, 1.54) is 37.1 Å². The molecule has 1 amide bonds. The van der Waals surface area contributed by atoms with Crippen LogP contribution in [0.15, 0.2) is 35.7 Å². The number of fused-ring (bicyclic) bond motifs is 1. The second-order valence-corrected chi connectivity index (χ2v) is 8.49. The maximum Gasteiger partial charge on any atom is 0.227 e. The van der Waals surface area contributed by atoms with Gasteiger partial charge < -0.3 is 15.2 Å². The minimum Gasteiger partial charge on any atom is -0.312 e. The number of carbonyl (C=O) groups excluding carboxylic acids is 1. The molecule has 0 aliphatic carbocycles. The summed E-state index contributed by atoms with van der Waals surface area (Å²) in [5, 5.41) is 10.3. The molecule has 0 spiro atoms. The smallest absolute Gasteiger partial charge is 0.227 e. The maximum atomic E-state index is 12.5. The molecule has 142 valence electrons. The molecule has 1 fully saturated rings. The van der Waals surface area contributed by atoms with Gasteiger partial charge in [0, 0.05) is 30.0 Å². The number of rotatable bonds is 7. The average Bonchev–Trinajstić information content (AvgIpc) is 3.37. The first-order valence-corrected chi connectivity index (χ1v) is 10.8. The number of hydrogen-bond acceptors (Lipinski definition) is 4. The van der Waals surface area contributed by atoms with Crippen LogP contribution >= 0.6 is 11.3 Å². The minimum atomic E-state index is 0.253. The van der Waals surface area contributed by atoms with Crippen LogP contribution in [-0.2, 0) is 17.6 Å². The molecule has 0 bridgehead atoms. The fourth-order valence-electron chi connectivity index (χ4n) is 4.17. The number of benzene rings is 1. The van der Waals surface area contributed by atoms with Gasteiger partial charge in [-0.05, 0) is 74.0 Å². The molecule has 4 rings (SSSR count). The zero-order chi connectivity index (χ0) is 18.6. The Hall–Kier alpha value is -1.98. The summed E-state index contributed by atoms with van der Waals surface area (Å²) in [4.78, 5) is 18.0. The van der Waals surface area contributed by atoms with E-state index in [4.69, 9.17) is 5.41 Å². The zero-order valence-corrected chi connectivity index (χ0v) is 16.6. The van der Waals surface area contributed by atoms with Crippen LogP contribution in [0.25, 0.3) is 0 Å². The predicted molar refractivity (Wildman–Crippen MR) is 112 cm³/mol. The summed E-state index contributed by atoms with van der Waals surface area (Å²) in [5.41, 5.74) is 4.17. The van der Waals surface area contributed by atoms with E-state index in [1.807, 2.05) is 22.4 Å². The Morgan fingerprint density at radius 2 is 1.96 bits per heavy atom. The second-order valence-electron chi connectivity index (χ2n) is 7.54. The van der Waals surface area contributed by atoms with Gasteiger partial charge in [0.25, 0.3) is 0 Å². The Morgan fingerprint density at radius 3 is 2.74 bits per heavy atom. The molecule has 27 heavy (non-hydrogen) atoms. The molecule has 4 nitrogen and oxygen atoms in total.